The van der Waals surface area contributed by atoms with Gasteiger partial charge in [-0.15, -0.1) is 6.42 Å². The molecule has 0 aromatic heterocycles. The average molecular weight is 328 g/mol. The SMILES string of the molecule is C#CC(=C/C)/C(=C\C(=C)C)C1C(=O)NC2(CCN(OC)CC2)C1=O. The molecule has 1 amide bonds. The number of nitrogens with one attached hydrogen (secondary N) is 1. The van der Waals surface area contributed by atoms with E-state index in [1.165, 1.54) is 0 Å². The van der Waals surface area contributed by atoms with Gasteiger partial charge in [-0.05, 0) is 32.3 Å². The topological polar surface area (TPSA) is 58.6 Å². The van der Waals surface area contributed by atoms with Crippen LogP contribution >= 0.6 is 0 Å². The lowest BCUT2D eigenvalue weighted by atomic mass is 9.79. The monoisotopic (exact) mass is 328 g/mol. The van der Waals surface area contributed by atoms with E-state index in [4.69, 9.17) is 11.3 Å². The molecule has 1 unspecified atom stereocenters. The molecule has 1 atom stereocenters. The van der Waals surface area contributed by atoms with E-state index in [0.717, 1.165) is 5.57 Å². The summed E-state index contributed by atoms with van der Waals surface area (Å²) in [5, 5.41) is 4.73. The van der Waals surface area contributed by atoms with Crippen LogP contribution in [0.4, 0.5) is 0 Å². The van der Waals surface area contributed by atoms with Crippen LogP contribution in [0, 0.1) is 18.3 Å². The molecule has 0 aromatic carbocycles. The highest BCUT2D eigenvalue weighted by molar-refractivity contribution is 6.16. The highest BCUT2D eigenvalue weighted by Gasteiger charge is 2.54. The lowest BCUT2D eigenvalue weighted by molar-refractivity contribution is -0.157. The number of Topliss-reactive ketones (excluding diaryl/α,β-unsaturated/α-hetero) is 1. The van der Waals surface area contributed by atoms with Crippen molar-refractivity contribution in [2.45, 2.75) is 32.2 Å². The predicted octanol–water partition coefficient (Wildman–Crippen LogP) is 1.78. The molecule has 0 bridgehead atoms. The van der Waals surface area contributed by atoms with E-state index in [2.05, 4.69) is 17.8 Å². The van der Waals surface area contributed by atoms with Crippen LogP contribution in [-0.4, -0.2) is 42.5 Å². The normalized spacial score (nSPS) is 24.8. The molecule has 2 aliphatic rings. The van der Waals surface area contributed by atoms with Crippen molar-refractivity contribution in [3.05, 3.63) is 35.5 Å². The van der Waals surface area contributed by atoms with Crippen LogP contribution in [-0.2, 0) is 14.4 Å². The molecular formula is C19H24N2O3. The van der Waals surface area contributed by atoms with Gasteiger partial charge in [0.1, 0.15) is 11.5 Å². The van der Waals surface area contributed by atoms with Gasteiger partial charge in [-0.2, -0.15) is 5.06 Å². The molecule has 1 spiro atoms. The summed E-state index contributed by atoms with van der Waals surface area (Å²) in [7, 11) is 1.61. The van der Waals surface area contributed by atoms with Gasteiger partial charge in [0.25, 0.3) is 0 Å². The zero-order valence-electron chi connectivity index (χ0n) is 14.5. The van der Waals surface area contributed by atoms with Gasteiger partial charge in [0.2, 0.25) is 5.91 Å². The van der Waals surface area contributed by atoms with Crippen LogP contribution in [0.2, 0.25) is 0 Å². The molecular weight excluding hydrogens is 304 g/mol. The average Bonchev–Trinajstić information content (AvgIpc) is 2.78. The fourth-order valence-electron chi connectivity index (χ4n) is 3.38. The smallest absolute Gasteiger partial charge is 0.236 e. The minimum absolute atomic E-state index is 0.106. The molecule has 2 heterocycles. The van der Waals surface area contributed by atoms with E-state index in [1.54, 1.807) is 31.2 Å². The summed E-state index contributed by atoms with van der Waals surface area (Å²) in [5.74, 6) is 1.31. The Kier molecular flexibility index (Phi) is 5.43. The zero-order chi connectivity index (χ0) is 17.9. The Morgan fingerprint density at radius 3 is 2.54 bits per heavy atom. The van der Waals surface area contributed by atoms with Gasteiger partial charge in [-0.1, -0.05) is 30.2 Å². The van der Waals surface area contributed by atoms with Crippen molar-refractivity contribution in [1.82, 2.24) is 10.4 Å². The number of allylic oxidation sites excluding steroid dienone is 4. The molecule has 2 rings (SSSR count). The van der Waals surface area contributed by atoms with E-state index in [1.807, 2.05) is 6.92 Å². The Bertz CT molecular complexity index is 659. The van der Waals surface area contributed by atoms with Gasteiger partial charge in [0.15, 0.2) is 5.78 Å². The highest BCUT2D eigenvalue weighted by atomic mass is 16.7. The number of hydroxylamine groups is 2. The zero-order valence-corrected chi connectivity index (χ0v) is 14.5. The third-order valence-electron chi connectivity index (χ3n) is 4.66. The summed E-state index contributed by atoms with van der Waals surface area (Å²) in [6.07, 6.45) is 10.1. The number of terminal acetylenes is 1. The molecule has 24 heavy (non-hydrogen) atoms. The third-order valence-corrected chi connectivity index (χ3v) is 4.66. The minimum Gasteiger partial charge on any atom is -0.343 e. The summed E-state index contributed by atoms with van der Waals surface area (Å²) >= 11 is 0. The van der Waals surface area contributed by atoms with Crippen molar-refractivity contribution >= 4 is 11.7 Å². The number of carbonyl (C=O) groups is 2. The van der Waals surface area contributed by atoms with Crippen LogP contribution in [0.25, 0.3) is 0 Å². The number of carbonyl (C=O) groups excluding carboxylic acids is 2. The first-order valence-electron chi connectivity index (χ1n) is 8.04. The highest BCUT2D eigenvalue weighted by Crippen LogP contribution is 2.36. The summed E-state index contributed by atoms with van der Waals surface area (Å²) in [5.41, 5.74) is 1.03. The number of hydrogen-bond donors (Lipinski definition) is 1. The number of piperidine rings is 1. The maximum absolute atomic E-state index is 13.1. The third kappa shape index (κ3) is 3.21. The van der Waals surface area contributed by atoms with E-state index in [-0.39, 0.29) is 11.7 Å². The van der Waals surface area contributed by atoms with Crippen LogP contribution in [0.3, 0.4) is 0 Å². The Morgan fingerprint density at radius 2 is 2.08 bits per heavy atom. The van der Waals surface area contributed by atoms with Gasteiger partial charge in [0, 0.05) is 18.7 Å². The first-order chi connectivity index (χ1) is 11.4. The largest absolute Gasteiger partial charge is 0.343 e. The van der Waals surface area contributed by atoms with Gasteiger partial charge < -0.3 is 10.2 Å². The number of ketones is 1. The van der Waals surface area contributed by atoms with Crippen molar-refractivity contribution in [2.24, 2.45) is 5.92 Å². The van der Waals surface area contributed by atoms with Crippen LogP contribution < -0.4 is 5.32 Å². The molecule has 0 aliphatic carbocycles. The van der Waals surface area contributed by atoms with Crippen molar-refractivity contribution in [1.29, 1.82) is 0 Å². The molecule has 2 aliphatic heterocycles. The number of hydrogen-bond acceptors (Lipinski definition) is 4. The molecule has 5 heteroatoms. The molecule has 0 saturated carbocycles. The van der Waals surface area contributed by atoms with E-state index < -0.39 is 11.5 Å². The maximum Gasteiger partial charge on any atom is 0.236 e. The van der Waals surface area contributed by atoms with Crippen molar-refractivity contribution in [2.75, 3.05) is 20.2 Å². The summed E-state index contributed by atoms with van der Waals surface area (Å²) < 4.78 is 0. The Morgan fingerprint density at radius 1 is 1.46 bits per heavy atom. The predicted molar refractivity (Wildman–Crippen MR) is 92.7 cm³/mol. The minimum atomic E-state index is -0.877. The second-order valence-electron chi connectivity index (χ2n) is 6.27. The first-order valence-corrected chi connectivity index (χ1v) is 8.04. The van der Waals surface area contributed by atoms with Crippen LogP contribution in [0.5, 0.6) is 0 Å². The van der Waals surface area contributed by atoms with Gasteiger partial charge >= 0.3 is 0 Å². The molecule has 1 N–H and O–H groups in total. The number of rotatable bonds is 4. The number of nitrogens with zero attached hydrogens (tertiary/aromatic N) is 1. The van der Waals surface area contributed by atoms with Gasteiger partial charge in [0.05, 0.1) is 7.11 Å². The quantitative estimate of drug-likeness (QED) is 0.485. The Balaban J connectivity index is 2.37. The molecule has 0 aromatic rings. The van der Waals surface area contributed by atoms with Crippen molar-refractivity contribution in [3.63, 3.8) is 0 Å². The maximum atomic E-state index is 13.1. The molecule has 5 nitrogen and oxygen atoms in total. The van der Waals surface area contributed by atoms with Crippen molar-refractivity contribution in [3.8, 4) is 12.3 Å². The van der Waals surface area contributed by atoms with E-state index in [0.29, 0.717) is 37.1 Å². The fourth-order valence-corrected chi connectivity index (χ4v) is 3.38. The molecule has 128 valence electrons. The van der Waals surface area contributed by atoms with Crippen LogP contribution in [0.15, 0.2) is 35.5 Å². The van der Waals surface area contributed by atoms with Gasteiger partial charge in [-0.25, -0.2) is 0 Å². The molecule has 2 fully saturated rings. The summed E-state index contributed by atoms with van der Waals surface area (Å²) in [6, 6.07) is 0. The Hall–Kier alpha value is -2.16. The lowest BCUT2D eigenvalue weighted by Crippen LogP contribution is -2.54. The number of amides is 1. The van der Waals surface area contributed by atoms with Crippen LogP contribution in [0.1, 0.15) is 26.7 Å². The second-order valence-corrected chi connectivity index (χ2v) is 6.27. The lowest BCUT2D eigenvalue weighted by Gasteiger charge is -2.36. The molecule has 0 radical (unpaired) electrons. The molecule has 2 saturated heterocycles. The van der Waals surface area contributed by atoms with Crippen molar-refractivity contribution < 1.29 is 14.4 Å². The summed E-state index contributed by atoms with van der Waals surface area (Å²) in [6.45, 7) is 8.66. The van der Waals surface area contributed by atoms with E-state index in [9.17, 15) is 9.59 Å². The standard InChI is InChI=1S/C19H24N2O3/c1-6-14(7-2)15(12-13(3)4)16-17(22)19(20-18(16)23)8-10-21(24-5)11-9-19/h1,7,12,16H,3,8-11H2,2,4-5H3,(H,20,23)/b14-7-,15-12+. The van der Waals surface area contributed by atoms with Gasteiger partial charge in [-0.3, -0.25) is 9.59 Å². The summed E-state index contributed by atoms with van der Waals surface area (Å²) in [4.78, 5) is 31.0. The Labute approximate surface area is 143 Å². The van der Waals surface area contributed by atoms with E-state index >= 15 is 0 Å². The first kappa shape index (κ1) is 18.2. The second kappa shape index (κ2) is 7.16. The fraction of sp³-hybridized carbons (Fsp3) is 0.474.